The summed E-state index contributed by atoms with van der Waals surface area (Å²) in [7, 11) is 0. The molecular formula is C19H8F6N2O6. The molecule has 0 amide bonds. The third kappa shape index (κ3) is 4.45. The Morgan fingerprint density at radius 1 is 0.697 bits per heavy atom. The molecule has 0 aliphatic rings. The fraction of sp³-hybridized carbons (Fsp3) is 0.158. The molecule has 0 unspecified atom stereocenters. The van der Waals surface area contributed by atoms with Crippen molar-refractivity contribution in [3.05, 3.63) is 58.7 Å². The number of halogens is 6. The minimum absolute atomic E-state index is 0.0613. The maximum Gasteiger partial charge on any atom is 0.411 e. The fourth-order valence-electron chi connectivity index (χ4n) is 3.08. The highest BCUT2D eigenvalue weighted by molar-refractivity contribution is 5.89. The van der Waals surface area contributed by atoms with Crippen molar-refractivity contribution in [3.8, 4) is 24.0 Å². The third-order valence-electron chi connectivity index (χ3n) is 4.35. The molecule has 0 spiro atoms. The molecule has 14 heteroatoms. The number of benzene rings is 2. The lowest BCUT2D eigenvalue weighted by molar-refractivity contribution is -0.288. The number of hydrogen-bond acceptors (Lipinski definition) is 6. The van der Waals surface area contributed by atoms with E-state index in [1.807, 2.05) is 0 Å². The summed E-state index contributed by atoms with van der Waals surface area (Å²) in [6.07, 6.45) is -10.5. The van der Waals surface area contributed by atoms with Crippen LogP contribution < -0.4 is 9.47 Å². The van der Waals surface area contributed by atoms with Gasteiger partial charge in [0.15, 0.2) is 0 Å². The Morgan fingerprint density at radius 2 is 1.03 bits per heavy atom. The van der Waals surface area contributed by atoms with Crippen LogP contribution in [-0.2, 0) is 5.41 Å². The second-order valence-electron chi connectivity index (χ2n) is 6.23. The van der Waals surface area contributed by atoms with Crippen LogP contribution in [0.1, 0.15) is 31.8 Å². The van der Waals surface area contributed by atoms with E-state index in [0.717, 1.165) is 12.5 Å². The molecule has 0 fully saturated rings. The number of nitriles is 2. The molecule has 33 heavy (non-hydrogen) atoms. The molecule has 0 saturated carbocycles. The quantitative estimate of drug-likeness (QED) is 0.469. The van der Waals surface area contributed by atoms with Crippen LogP contribution in [0.15, 0.2) is 36.4 Å². The van der Waals surface area contributed by atoms with Crippen LogP contribution in [0.3, 0.4) is 0 Å². The van der Waals surface area contributed by atoms with Crippen molar-refractivity contribution in [2.45, 2.75) is 17.8 Å². The van der Waals surface area contributed by atoms with Crippen molar-refractivity contribution in [1.82, 2.24) is 0 Å². The summed E-state index contributed by atoms with van der Waals surface area (Å²) < 4.78 is 94.4. The topological polar surface area (TPSA) is 141 Å². The van der Waals surface area contributed by atoms with Gasteiger partial charge in [-0.25, -0.2) is 9.59 Å². The smallest absolute Gasteiger partial charge is 0.411 e. The zero-order valence-electron chi connectivity index (χ0n) is 15.7. The van der Waals surface area contributed by atoms with E-state index in [1.165, 1.54) is 0 Å². The van der Waals surface area contributed by atoms with Crippen molar-refractivity contribution >= 4 is 11.9 Å². The standard InChI is InChI=1S/C19H8F6N2O6/c20-18(21,22)17(19(23,24)25,11-1-9(15(28)29)3-13(5-11)32-7-26)12-2-10(16(30)31)4-14(6-12)33-8-27/h1-6H,(H,28,29)(H,30,31). The zero-order valence-corrected chi connectivity index (χ0v) is 15.7. The Balaban J connectivity index is 3.14. The van der Waals surface area contributed by atoms with Crippen LogP contribution >= 0.6 is 0 Å². The highest BCUT2D eigenvalue weighted by atomic mass is 19.4. The van der Waals surface area contributed by atoms with Crippen LogP contribution in [-0.4, -0.2) is 34.5 Å². The van der Waals surface area contributed by atoms with Gasteiger partial charge in [0, 0.05) is 0 Å². The van der Waals surface area contributed by atoms with Gasteiger partial charge >= 0.3 is 24.3 Å². The first-order valence-electron chi connectivity index (χ1n) is 8.22. The van der Waals surface area contributed by atoms with Gasteiger partial charge in [-0.1, -0.05) is 0 Å². The summed E-state index contributed by atoms with van der Waals surface area (Å²) in [5, 5.41) is 35.5. The molecule has 0 aliphatic heterocycles. The molecule has 0 aliphatic carbocycles. The third-order valence-corrected chi connectivity index (χ3v) is 4.35. The zero-order chi connectivity index (χ0) is 25.2. The number of ether oxygens (including phenoxy) is 2. The molecule has 2 aromatic carbocycles. The average molecular weight is 474 g/mol. The van der Waals surface area contributed by atoms with Crippen LogP contribution in [0.5, 0.6) is 11.5 Å². The number of aromatic carboxylic acids is 2. The molecule has 0 atom stereocenters. The van der Waals surface area contributed by atoms with E-state index in [9.17, 15) is 35.9 Å². The van der Waals surface area contributed by atoms with Crippen molar-refractivity contribution in [1.29, 1.82) is 10.5 Å². The molecular weight excluding hydrogens is 466 g/mol. The van der Waals surface area contributed by atoms with E-state index in [1.54, 1.807) is 0 Å². The summed E-state index contributed by atoms with van der Waals surface area (Å²) in [5.74, 6) is -5.78. The SMILES string of the molecule is N#COc1cc(C(=O)O)cc(C(c2cc(OC#N)cc(C(=O)O)c2)(C(F)(F)F)C(F)(F)F)c1. The van der Waals surface area contributed by atoms with Crippen molar-refractivity contribution < 1.29 is 55.6 Å². The highest BCUT2D eigenvalue weighted by Gasteiger charge is 2.73. The fourth-order valence-corrected chi connectivity index (χ4v) is 3.08. The lowest BCUT2D eigenvalue weighted by atomic mass is 9.72. The summed E-state index contributed by atoms with van der Waals surface area (Å²) in [4.78, 5) is 22.6. The number of carbonyl (C=O) groups is 2. The van der Waals surface area contributed by atoms with Gasteiger partial charge in [0.1, 0.15) is 11.5 Å². The summed E-state index contributed by atoms with van der Waals surface area (Å²) in [6, 6.07) is 1.45. The molecule has 2 rings (SSSR count). The van der Waals surface area contributed by atoms with E-state index < -0.39 is 63.5 Å². The normalized spacial score (nSPS) is 11.8. The van der Waals surface area contributed by atoms with Gasteiger partial charge in [0.2, 0.25) is 5.41 Å². The minimum Gasteiger partial charge on any atom is -0.478 e. The molecule has 0 bridgehead atoms. The largest absolute Gasteiger partial charge is 0.478 e. The molecule has 0 radical (unpaired) electrons. The van der Waals surface area contributed by atoms with E-state index in [2.05, 4.69) is 9.47 Å². The van der Waals surface area contributed by atoms with E-state index in [-0.39, 0.29) is 24.3 Å². The van der Waals surface area contributed by atoms with Crippen LogP contribution in [0.25, 0.3) is 0 Å². The molecule has 2 N–H and O–H groups in total. The van der Waals surface area contributed by atoms with Crippen molar-refractivity contribution in [2.75, 3.05) is 0 Å². The van der Waals surface area contributed by atoms with Crippen molar-refractivity contribution in [2.24, 2.45) is 0 Å². The van der Waals surface area contributed by atoms with Gasteiger partial charge < -0.3 is 19.7 Å². The second-order valence-corrected chi connectivity index (χ2v) is 6.23. The van der Waals surface area contributed by atoms with E-state index >= 15 is 0 Å². The number of alkyl halides is 6. The predicted octanol–water partition coefficient (Wildman–Crippen LogP) is 4.21. The monoisotopic (exact) mass is 474 g/mol. The van der Waals surface area contributed by atoms with Gasteiger partial charge in [0.05, 0.1) is 11.1 Å². The van der Waals surface area contributed by atoms with Crippen LogP contribution in [0, 0.1) is 23.0 Å². The van der Waals surface area contributed by atoms with Crippen LogP contribution in [0.4, 0.5) is 26.3 Å². The average Bonchev–Trinajstić information content (AvgIpc) is 2.66. The van der Waals surface area contributed by atoms with E-state index in [4.69, 9.17) is 20.7 Å². The first-order valence-corrected chi connectivity index (χ1v) is 8.22. The Morgan fingerprint density at radius 3 is 1.27 bits per heavy atom. The highest BCUT2D eigenvalue weighted by Crippen LogP contribution is 2.57. The molecule has 0 saturated heterocycles. The first-order chi connectivity index (χ1) is 15.2. The molecule has 172 valence electrons. The van der Waals surface area contributed by atoms with Crippen LogP contribution in [0.2, 0.25) is 0 Å². The Kier molecular flexibility index (Phi) is 6.45. The summed E-state index contributed by atoms with van der Waals surface area (Å²) in [5.41, 5.74) is -10.7. The Hall–Kier alpha value is -4.46. The first kappa shape index (κ1) is 24.8. The van der Waals surface area contributed by atoms with Gasteiger partial charge in [-0.3, -0.25) is 0 Å². The Bertz CT molecular complexity index is 1100. The maximum absolute atomic E-state index is 14.3. The maximum atomic E-state index is 14.3. The number of carboxylic acids is 2. The summed E-state index contributed by atoms with van der Waals surface area (Å²) in [6.45, 7) is 0. The number of nitrogens with zero attached hydrogens (tertiary/aromatic N) is 2. The second kappa shape index (κ2) is 8.58. The predicted molar refractivity (Wildman–Crippen MR) is 92.2 cm³/mol. The van der Waals surface area contributed by atoms with Gasteiger partial charge in [-0.05, 0) is 47.5 Å². The molecule has 0 heterocycles. The number of carboxylic acid groups (broad SMARTS) is 2. The molecule has 2 aromatic rings. The number of hydrogen-bond donors (Lipinski definition) is 2. The van der Waals surface area contributed by atoms with Gasteiger partial charge in [-0.2, -0.15) is 26.3 Å². The van der Waals surface area contributed by atoms with Gasteiger partial charge in [-0.15, -0.1) is 10.5 Å². The summed E-state index contributed by atoms with van der Waals surface area (Å²) >= 11 is 0. The molecule has 0 aromatic heterocycles. The van der Waals surface area contributed by atoms with Gasteiger partial charge in [0.25, 0.3) is 12.5 Å². The lowest BCUT2D eigenvalue weighted by Crippen LogP contribution is -2.55. The molecule has 8 nitrogen and oxygen atoms in total. The lowest BCUT2D eigenvalue weighted by Gasteiger charge is -2.38. The van der Waals surface area contributed by atoms with E-state index in [0.29, 0.717) is 12.1 Å². The van der Waals surface area contributed by atoms with Crippen molar-refractivity contribution in [3.63, 3.8) is 0 Å². The Labute approximate surface area is 179 Å². The minimum atomic E-state index is -6.24. The number of rotatable bonds is 6.